The first-order valence-corrected chi connectivity index (χ1v) is 8.98. The molecule has 1 aromatic heterocycles. The summed E-state index contributed by atoms with van der Waals surface area (Å²) < 4.78 is 38.9. The van der Waals surface area contributed by atoms with Gasteiger partial charge in [0.2, 0.25) is 5.88 Å². The number of rotatable bonds is 6. The summed E-state index contributed by atoms with van der Waals surface area (Å²) in [7, 11) is -3.57. The molecule has 1 rings (SSSR count). The van der Waals surface area contributed by atoms with Crippen LogP contribution in [-0.2, 0) is 19.0 Å². The molecule has 132 valence electrons. The summed E-state index contributed by atoms with van der Waals surface area (Å²) in [4.78, 5) is 11.9. The van der Waals surface area contributed by atoms with Gasteiger partial charge in [0.1, 0.15) is 17.8 Å². The minimum Gasteiger partial charge on any atom is -0.468 e. The Balaban J connectivity index is 2.78. The van der Waals surface area contributed by atoms with E-state index in [2.05, 4.69) is 5.10 Å². The van der Waals surface area contributed by atoms with Crippen LogP contribution in [0.1, 0.15) is 41.0 Å². The highest BCUT2D eigenvalue weighted by molar-refractivity contribution is 7.85. The number of hydrogen-bond donors (Lipinski definition) is 0. The number of nitrogens with zero attached hydrogens (tertiary/aromatic N) is 2. The maximum Gasteiger partial charge on any atom is 0.435 e. The fourth-order valence-corrected chi connectivity index (χ4v) is 1.92. The van der Waals surface area contributed by atoms with E-state index in [-0.39, 0.29) is 12.5 Å². The minimum atomic E-state index is -3.57. The quantitative estimate of drug-likeness (QED) is 0.727. The molecule has 0 spiro atoms. The number of aromatic nitrogens is 2. The highest BCUT2D eigenvalue weighted by Crippen LogP contribution is 2.21. The summed E-state index contributed by atoms with van der Waals surface area (Å²) in [6.45, 7) is 8.64. The van der Waals surface area contributed by atoms with Crippen LogP contribution < -0.4 is 4.74 Å². The van der Waals surface area contributed by atoms with Crippen molar-refractivity contribution in [1.82, 2.24) is 9.78 Å². The van der Waals surface area contributed by atoms with Crippen LogP contribution in [0.25, 0.3) is 0 Å². The molecule has 1 aromatic rings. The molecule has 0 N–H and O–H groups in total. The van der Waals surface area contributed by atoms with Gasteiger partial charge in [-0.2, -0.15) is 13.1 Å². The van der Waals surface area contributed by atoms with Gasteiger partial charge < -0.3 is 9.47 Å². The Labute approximate surface area is 136 Å². The first-order chi connectivity index (χ1) is 10.3. The van der Waals surface area contributed by atoms with Crippen molar-refractivity contribution in [3.8, 4) is 5.88 Å². The van der Waals surface area contributed by atoms with Crippen LogP contribution in [0.5, 0.6) is 5.88 Å². The van der Waals surface area contributed by atoms with Crippen LogP contribution >= 0.6 is 0 Å². The number of carbonyl (C=O) groups is 1. The highest BCUT2D eigenvalue weighted by Gasteiger charge is 2.28. The third kappa shape index (κ3) is 7.00. The molecule has 1 atom stereocenters. The largest absolute Gasteiger partial charge is 0.468 e. The summed E-state index contributed by atoms with van der Waals surface area (Å²) in [5, 5.41) is 3.99. The highest BCUT2D eigenvalue weighted by atomic mass is 32.2. The minimum absolute atomic E-state index is 0.151. The molecule has 0 radical (unpaired) electrons. The van der Waals surface area contributed by atoms with Gasteiger partial charge in [-0.05, 0) is 34.1 Å². The molecule has 0 aliphatic rings. The smallest absolute Gasteiger partial charge is 0.435 e. The van der Waals surface area contributed by atoms with Crippen molar-refractivity contribution in [2.24, 2.45) is 0 Å². The third-order valence-corrected chi connectivity index (χ3v) is 3.37. The van der Waals surface area contributed by atoms with E-state index in [9.17, 15) is 13.2 Å². The molecular weight excluding hydrogens is 324 g/mol. The van der Waals surface area contributed by atoms with Gasteiger partial charge >= 0.3 is 6.09 Å². The van der Waals surface area contributed by atoms with Crippen LogP contribution in [0.2, 0.25) is 0 Å². The van der Waals surface area contributed by atoms with Crippen molar-refractivity contribution < 1.29 is 26.9 Å². The average Bonchev–Trinajstić information content (AvgIpc) is 2.82. The van der Waals surface area contributed by atoms with Gasteiger partial charge in [0, 0.05) is 12.3 Å². The summed E-state index contributed by atoms with van der Waals surface area (Å²) in [6, 6.07) is 1.50. The predicted octanol–water partition coefficient (Wildman–Crippen LogP) is 2.19. The van der Waals surface area contributed by atoms with E-state index in [1.807, 2.05) is 6.92 Å². The van der Waals surface area contributed by atoms with Crippen molar-refractivity contribution in [1.29, 1.82) is 0 Å². The van der Waals surface area contributed by atoms with Gasteiger partial charge in [0.15, 0.2) is 0 Å². The fraction of sp³-hybridized carbons (Fsp3) is 0.714. The van der Waals surface area contributed by atoms with E-state index in [1.165, 1.54) is 12.3 Å². The van der Waals surface area contributed by atoms with Crippen molar-refractivity contribution >= 4 is 16.2 Å². The lowest BCUT2D eigenvalue weighted by atomic mass is 10.1. The van der Waals surface area contributed by atoms with Crippen LogP contribution in [0, 0.1) is 0 Å². The monoisotopic (exact) mass is 348 g/mol. The second-order valence-corrected chi connectivity index (χ2v) is 8.09. The van der Waals surface area contributed by atoms with Gasteiger partial charge in [-0.15, -0.1) is 5.10 Å². The zero-order valence-electron chi connectivity index (χ0n) is 14.3. The van der Waals surface area contributed by atoms with Crippen molar-refractivity contribution in [2.75, 3.05) is 12.9 Å². The second kappa shape index (κ2) is 6.88. The van der Waals surface area contributed by atoms with E-state index in [0.717, 1.165) is 10.9 Å². The molecule has 23 heavy (non-hydrogen) atoms. The zero-order chi connectivity index (χ0) is 17.9. The van der Waals surface area contributed by atoms with E-state index in [0.29, 0.717) is 6.42 Å². The Bertz CT molecular complexity index is 646. The number of ether oxygens (including phenoxy) is 2. The molecule has 0 aromatic carbocycles. The first kappa shape index (κ1) is 19.4. The lowest BCUT2D eigenvalue weighted by molar-refractivity contribution is 0.0287. The molecule has 0 bridgehead atoms. The molecule has 1 heterocycles. The molecule has 0 saturated carbocycles. The molecule has 0 aliphatic carbocycles. The van der Waals surface area contributed by atoms with Gasteiger partial charge in [0.05, 0.1) is 6.26 Å². The van der Waals surface area contributed by atoms with Crippen LogP contribution in [0.3, 0.4) is 0 Å². The summed E-state index contributed by atoms with van der Waals surface area (Å²) >= 11 is 0. The average molecular weight is 348 g/mol. The normalized spacial score (nSPS) is 15.0. The van der Waals surface area contributed by atoms with Gasteiger partial charge in [-0.25, -0.2) is 4.79 Å². The lowest BCUT2D eigenvalue weighted by Gasteiger charge is -2.27. The molecule has 1 unspecified atom stereocenters. The standard InChI is InChI=1S/C14H24N2O6S/c1-7-14(5,10-20-23(6,18)19)21-11-8-9-16(15-11)12(17)22-13(2,3)4/h8-9H,7,10H2,1-6H3. The topological polar surface area (TPSA) is 96.7 Å². The van der Waals surface area contributed by atoms with Crippen LogP contribution in [-0.4, -0.2) is 48.4 Å². The summed E-state index contributed by atoms with van der Waals surface area (Å²) in [6.07, 6.45) is 2.25. The molecule has 8 nitrogen and oxygen atoms in total. The zero-order valence-corrected chi connectivity index (χ0v) is 15.1. The molecular formula is C14H24N2O6S. The second-order valence-electron chi connectivity index (χ2n) is 6.45. The SMILES string of the molecule is CCC(C)(COS(C)(=O)=O)Oc1ccn(C(=O)OC(C)(C)C)n1. The van der Waals surface area contributed by atoms with Crippen LogP contribution in [0.4, 0.5) is 4.79 Å². The van der Waals surface area contributed by atoms with Gasteiger partial charge in [0.25, 0.3) is 10.1 Å². The Morgan fingerprint density at radius 2 is 1.91 bits per heavy atom. The summed E-state index contributed by atoms with van der Waals surface area (Å²) in [5.41, 5.74) is -1.53. The first-order valence-electron chi connectivity index (χ1n) is 7.16. The molecule has 9 heteroatoms. The molecule has 0 saturated heterocycles. The Kier molecular flexibility index (Phi) is 5.81. The molecule has 0 aliphatic heterocycles. The maximum absolute atomic E-state index is 11.9. The maximum atomic E-state index is 11.9. The fourth-order valence-electron chi connectivity index (χ4n) is 1.46. The Hall–Kier alpha value is -1.61. The van der Waals surface area contributed by atoms with Gasteiger partial charge in [-0.3, -0.25) is 4.18 Å². The van der Waals surface area contributed by atoms with Crippen LogP contribution in [0.15, 0.2) is 12.3 Å². The van der Waals surface area contributed by atoms with Crippen molar-refractivity contribution in [3.63, 3.8) is 0 Å². The third-order valence-electron chi connectivity index (χ3n) is 2.82. The Morgan fingerprint density at radius 1 is 1.30 bits per heavy atom. The van der Waals surface area contributed by atoms with E-state index in [1.54, 1.807) is 27.7 Å². The summed E-state index contributed by atoms with van der Waals surface area (Å²) in [5.74, 6) is 0.178. The van der Waals surface area contributed by atoms with E-state index in [4.69, 9.17) is 13.7 Å². The lowest BCUT2D eigenvalue weighted by Crippen LogP contribution is -2.38. The van der Waals surface area contributed by atoms with E-state index < -0.39 is 27.4 Å². The van der Waals surface area contributed by atoms with E-state index >= 15 is 0 Å². The van der Waals surface area contributed by atoms with Gasteiger partial charge in [-0.1, -0.05) is 6.92 Å². The predicted molar refractivity (Wildman–Crippen MR) is 84.0 cm³/mol. The molecule has 0 amide bonds. The molecule has 0 fully saturated rings. The van der Waals surface area contributed by atoms with Crippen molar-refractivity contribution in [3.05, 3.63) is 12.3 Å². The Morgan fingerprint density at radius 3 is 2.39 bits per heavy atom. The number of hydrogen-bond acceptors (Lipinski definition) is 7. The number of carbonyl (C=O) groups excluding carboxylic acids is 1. The van der Waals surface area contributed by atoms with Crippen molar-refractivity contribution in [2.45, 2.75) is 52.2 Å².